The van der Waals surface area contributed by atoms with E-state index in [9.17, 15) is 4.79 Å². The summed E-state index contributed by atoms with van der Waals surface area (Å²) in [6, 6.07) is 7.40. The molecule has 0 aliphatic heterocycles. The number of hydrogen-bond donors (Lipinski definition) is 0. The second-order valence-corrected chi connectivity index (χ2v) is 3.50. The van der Waals surface area contributed by atoms with Gasteiger partial charge in [-0.05, 0) is 18.2 Å². The molecular weight excluding hydrogens is 248 g/mol. The standard InChI is InChI=1S/C9H5BrN2O2/c10-7-3-1-2-6(4-7)9-11-8(5-13)12-14-9/h1-5H. The lowest BCUT2D eigenvalue weighted by molar-refractivity contribution is 0.111. The average molecular weight is 253 g/mol. The Morgan fingerprint density at radius 1 is 1.43 bits per heavy atom. The molecule has 0 unspecified atom stereocenters. The number of benzene rings is 1. The van der Waals surface area contributed by atoms with Crippen LogP contribution in [0.4, 0.5) is 0 Å². The monoisotopic (exact) mass is 252 g/mol. The highest BCUT2D eigenvalue weighted by Crippen LogP contribution is 2.20. The fourth-order valence-electron chi connectivity index (χ4n) is 1.02. The van der Waals surface area contributed by atoms with E-state index in [1.54, 1.807) is 0 Å². The number of halogens is 1. The molecule has 1 heterocycles. The number of nitrogens with zero attached hydrogens (tertiary/aromatic N) is 2. The van der Waals surface area contributed by atoms with E-state index in [2.05, 4.69) is 26.1 Å². The van der Waals surface area contributed by atoms with E-state index in [0.29, 0.717) is 12.2 Å². The minimum atomic E-state index is 0.0555. The Kier molecular flexibility index (Phi) is 2.41. The normalized spacial score (nSPS) is 10.1. The zero-order valence-electron chi connectivity index (χ0n) is 6.98. The third kappa shape index (κ3) is 1.72. The van der Waals surface area contributed by atoms with Gasteiger partial charge in [0, 0.05) is 10.0 Å². The van der Waals surface area contributed by atoms with Crippen molar-refractivity contribution in [1.29, 1.82) is 0 Å². The lowest BCUT2D eigenvalue weighted by Crippen LogP contribution is -1.81. The highest BCUT2D eigenvalue weighted by molar-refractivity contribution is 9.10. The molecule has 0 atom stereocenters. The van der Waals surface area contributed by atoms with Gasteiger partial charge in [0.05, 0.1) is 0 Å². The van der Waals surface area contributed by atoms with Crippen molar-refractivity contribution < 1.29 is 9.32 Å². The SMILES string of the molecule is O=Cc1noc(-c2cccc(Br)c2)n1. The summed E-state index contributed by atoms with van der Waals surface area (Å²) in [5, 5.41) is 3.47. The van der Waals surface area contributed by atoms with Crippen LogP contribution in [0.3, 0.4) is 0 Å². The molecule has 0 saturated heterocycles. The second-order valence-electron chi connectivity index (χ2n) is 2.59. The first kappa shape index (κ1) is 9.08. The summed E-state index contributed by atoms with van der Waals surface area (Å²) in [7, 11) is 0. The van der Waals surface area contributed by atoms with E-state index < -0.39 is 0 Å². The fraction of sp³-hybridized carbons (Fsp3) is 0. The molecule has 0 aliphatic carbocycles. The summed E-state index contributed by atoms with van der Waals surface area (Å²) in [4.78, 5) is 14.2. The van der Waals surface area contributed by atoms with E-state index in [-0.39, 0.29) is 5.82 Å². The topological polar surface area (TPSA) is 56.0 Å². The van der Waals surface area contributed by atoms with E-state index in [1.807, 2.05) is 24.3 Å². The predicted molar refractivity (Wildman–Crippen MR) is 52.8 cm³/mol. The van der Waals surface area contributed by atoms with Gasteiger partial charge in [0.25, 0.3) is 5.89 Å². The van der Waals surface area contributed by atoms with E-state index in [0.717, 1.165) is 10.0 Å². The number of aldehydes is 1. The number of hydrogen-bond acceptors (Lipinski definition) is 4. The van der Waals surface area contributed by atoms with Crippen molar-refractivity contribution in [2.24, 2.45) is 0 Å². The van der Waals surface area contributed by atoms with Crippen molar-refractivity contribution in [3.8, 4) is 11.5 Å². The van der Waals surface area contributed by atoms with Crippen LogP contribution in [-0.4, -0.2) is 16.4 Å². The van der Waals surface area contributed by atoms with Crippen molar-refractivity contribution in [2.45, 2.75) is 0 Å². The van der Waals surface area contributed by atoms with Crippen molar-refractivity contribution in [1.82, 2.24) is 10.1 Å². The van der Waals surface area contributed by atoms with Crippen molar-refractivity contribution in [2.75, 3.05) is 0 Å². The molecule has 70 valence electrons. The van der Waals surface area contributed by atoms with Crippen LogP contribution < -0.4 is 0 Å². The quantitative estimate of drug-likeness (QED) is 0.770. The highest BCUT2D eigenvalue weighted by Gasteiger charge is 2.07. The first-order chi connectivity index (χ1) is 6.79. The van der Waals surface area contributed by atoms with E-state index in [4.69, 9.17) is 4.52 Å². The molecule has 2 rings (SSSR count). The molecule has 0 spiro atoms. The van der Waals surface area contributed by atoms with Gasteiger partial charge < -0.3 is 4.52 Å². The van der Waals surface area contributed by atoms with Crippen LogP contribution in [0.25, 0.3) is 11.5 Å². The van der Waals surface area contributed by atoms with Crippen LogP contribution >= 0.6 is 15.9 Å². The van der Waals surface area contributed by atoms with Crippen LogP contribution in [0.2, 0.25) is 0 Å². The van der Waals surface area contributed by atoms with Gasteiger partial charge in [0.15, 0.2) is 6.29 Å². The van der Waals surface area contributed by atoms with Crippen LogP contribution in [0, 0.1) is 0 Å². The van der Waals surface area contributed by atoms with Crippen LogP contribution in [0.1, 0.15) is 10.6 Å². The molecule has 0 fully saturated rings. The number of carbonyl (C=O) groups excluding carboxylic acids is 1. The van der Waals surface area contributed by atoms with E-state index in [1.165, 1.54) is 0 Å². The molecule has 5 heteroatoms. The minimum Gasteiger partial charge on any atom is -0.334 e. The van der Waals surface area contributed by atoms with Crippen molar-refractivity contribution in [3.63, 3.8) is 0 Å². The minimum absolute atomic E-state index is 0.0555. The predicted octanol–water partition coefficient (Wildman–Crippen LogP) is 2.31. The molecular formula is C9H5BrN2O2. The second kappa shape index (κ2) is 3.71. The van der Waals surface area contributed by atoms with Gasteiger partial charge in [-0.15, -0.1) is 0 Å². The van der Waals surface area contributed by atoms with Gasteiger partial charge in [-0.1, -0.05) is 27.2 Å². The molecule has 0 N–H and O–H groups in total. The van der Waals surface area contributed by atoms with Crippen molar-refractivity contribution in [3.05, 3.63) is 34.6 Å². The Balaban J connectivity index is 2.43. The first-order valence-electron chi connectivity index (χ1n) is 3.84. The maximum Gasteiger partial charge on any atom is 0.258 e. The average Bonchev–Trinajstić information content (AvgIpc) is 2.66. The molecule has 1 aromatic carbocycles. The zero-order valence-corrected chi connectivity index (χ0v) is 8.56. The summed E-state index contributed by atoms with van der Waals surface area (Å²) in [6.45, 7) is 0. The third-order valence-corrected chi connectivity index (χ3v) is 2.11. The zero-order chi connectivity index (χ0) is 9.97. The molecule has 14 heavy (non-hydrogen) atoms. The summed E-state index contributed by atoms with van der Waals surface area (Å²) >= 11 is 3.32. The summed E-state index contributed by atoms with van der Waals surface area (Å²) in [6.07, 6.45) is 0.547. The van der Waals surface area contributed by atoms with Gasteiger partial charge in [-0.3, -0.25) is 4.79 Å². The molecule has 0 radical (unpaired) electrons. The van der Waals surface area contributed by atoms with Gasteiger partial charge in [0.1, 0.15) is 0 Å². The third-order valence-electron chi connectivity index (χ3n) is 1.62. The largest absolute Gasteiger partial charge is 0.334 e. The Labute approximate surface area is 88.1 Å². The lowest BCUT2D eigenvalue weighted by atomic mass is 10.2. The molecule has 1 aromatic heterocycles. The Morgan fingerprint density at radius 2 is 2.29 bits per heavy atom. The summed E-state index contributed by atoms with van der Waals surface area (Å²) in [5.41, 5.74) is 0.778. The maximum atomic E-state index is 10.3. The maximum absolute atomic E-state index is 10.3. The van der Waals surface area contributed by atoms with Gasteiger partial charge in [-0.25, -0.2) is 0 Å². The number of carbonyl (C=O) groups is 1. The van der Waals surface area contributed by atoms with Crippen LogP contribution in [0.5, 0.6) is 0 Å². The van der Waals surface area contributed by atoms with E-state index >= 15 is 0 Å². The number of rotatable bonds is 2. The van der Waals surface area contributed by atoms with Crippen LogP contribution in [-0.2, 0) is 0 Å². The lowest BCUT2D eigenvalue weighted by Gasteiger charge is -1.93. The highest BCUT2D eigenvalue weighted by atomic mass is 79.9. The van der Waals surface area contributed by atoms with Gasteiger partial charge in [-0.2, -0.15) is 4.98 Å². The van der Waals surface area contributed by atoms with Crippen LogP contribution in [0.15, 0.2) is 33.3 Å². The first-order valence-corrected chi connectivity index (χ1v) is 4.64. The summed E-state index contributed by atoms with van der Waals surface area (Å²) < 4.78 is 5.80. The Hall–Kier alpha value is -1.49. The van der Waals surface area contributed by atoms with Crippen molar-refractivity contribution >= 4 is 22.2 Å². The molecule has 2 aromatic rings. The fourth-order valence-corrected chi connectivity index (χ4v) is 1.42. The Morgan fingerprint density at radius 3 is 2.93 bits per heavy atom. The Bertz CT molecular complexity index is 467. The van der Waals surface area contributed by atoms with Gasteiger partial charge in [0.2, 0.25) is 5.82 Å². The smallest absolute Gasteiger partial charge is 0.258 e. The number of aromatic nitrogens is 2. The van der Waals surface area contributed by atoms with Gasteiger partial charge >= 0.3 is 0 Å². The molecule has 0 aliphatic rings. The molecule has 0 bridgehead atoms. The molecule has 0 saturated carbocycles. The molecule has 0 amide bonds. The molecule has 4 nitrogen and oxygen atoms in total. The summed E-state index contributed by atoms with van der Waals surface area (Å²) in [5.74, 6) is 0.397.